The lowest BCUT2D eigenvalue weighted by molar-refractivity contribution is 0.0561. The normalized spacial score (nSPS) is 21.8. The molecule has 0 unspecified atom stereocenters. The van der Waals surface area contributed by atoms with Crippen LogP contribution in [0.15, 0.2) is 18.2 Å². The van der Waals surface area contributed by atoms with E-state index >= 15 is 0 Å². The molecule has 0 amide bonds. The molecule has 2 fully saturated rings. The molecule has 1 saturated heterocycles. The Hall–Kier alpha value is -1.30. The Morgan fingerprint density at radius 1 is 1.08 bits per heavy atom. The van der Waals surface area contributed by atoms with Crippen LogP contribution >= 0.6 is 0 Å². The minimum absolute atomic E-state index is 0.562. The topological polar surface area (TPSA) is 45.2 Å². The monoisotopic (exact) mass is 334 g/mol. The summed E-state index contributed by atoms with van der Waals surface area (Å²) < 4.78 is 10.7. The van der Waals surface area contributed by atoms with Crippen LogP contribution in [0.2, 0.25) is 0 Å². The van der Waals surface area contributed by atoms with Crippen LogP contribution in [0.25, 0.3) is 0 Å². The molecule has 0 spiro atoms. The van der Waals surface area contributed by atoms with E-state index in [2.05, 4.69) is 9.80 Å². The zero-order valence-electron chi connectivity index (χ0n) is 14.9. The third kappa shape index (κ3) is 4.02. The highest BCUT2D eigenvalue weighted by Gasteiger charge is 2.27. The average Bonchev–Trinajstić information content (AvgIpc) is 3.16. The second-order valence-electron chi connectivity index (χ2n) is 6.90. The molecule has 1 N–H and O–H groups in total. The van der Waals surface area contributed by atoms with E-state index in [0.717, 1.165) is 43.5 Å². The number of hydrogen-bond acceptors (Lipinski definition) is 5. The lowest BCUT2D eigenvalue weighted by Crippen LogP contribution is -2.50. The van der Waals surface area contributed by atoms with Gasteiger partial charge < -0.3 is 14.6 Å². The summed E-state index contributed by atoms with van der Waals surface area (Å²) in [5.41, 5.74) is 0.801. The lowest BCUT2D eigenvalue weighted by atomic mass is 10.1. The third-order valence-electron chi connectivity index (χ3n) is 5.47. The molecule has 0 radical (unpaired) electrons. The summed E-state index contributed by atoms with van der Waals surface area (Å²) in [5, 5.41) is 10.7. The summed E-state index contributed by atoms with van der Waals surface area (Å²) in [6.07, 6.45) is 4.94. The molecule has 5 heteroatoms. The number of methoxy groups -OCH3 is 2. The molecule has 24 heavy (non-hydrogen) atoms. The second-order valence-corrected chi connectivity index (χ2v) is 6.90. The first-order valence-corrected chi connectivity index (χ1v) is 9.07. The van der Waals surface area contributed by atoms with Crippen LogP contribution in [0.4, 0.5) is 0 Å². The number of benzene rings is 1. The van der Waals surface area contributed by atoms with E-state index in [4.69, 9.17) is 9.47 Å². The van der Waals surface area contributed by atoms with E-state index in [1.54, 1.807) is 14.2 Å². The highest BCUT2D eigenvalue weighted by Crippen LogP contribution is 2.30. The first kappa shape index (κ1) is 17.5. The predicted octanol–water partition coefficient (Wildman–Crippen LogP) is 2.30. The highest BCUT2D eigenvalue weighted by atomic mass is 16.5. The van der Waals surface area contributed by atoms with E-state index in [1.807, 2.05) is 18.2 Å². The van der Waals surface area contributed by atoms with Gasteiger partial charge in [0.05, 0.1) is 20.3 Å². The average molecular weight is 334 g/mol. The number of nitrogens with zero attached hydrogens (tertiary/aromatic N) is 2. The molecule has 3 rings (SSSR count). The molecule has 134 valence electrons. The van der Waals surface area contributed by atoms with Gasteiger partial charge in [-0.05, 0) is 31.0 Å². The van der Waals surface area contributed by atoms with Gasteiger partial charge in [-0.2, -0.15) is 0 Å². The molecule has 1 aromatic carbocycles. The molecule has 5 nitrogen and oxygen atoms in total. The van der Waals surface area contributed by atoms with E-state index < -0.39 is 6.10 Å². The molecule has 2 aliphatic rings. The van der Waals surface area contributed by atoms with Gasteiger partial charge in [-0.1, -0.05) is 12.8 Å². The SMILES string of the molecule is COc1ccc(OC)c([C@H](O)CN2CCN(C3CCCC3)CC2)c1. The van der Waals surface area contributed by atoms with Crippen molar-refractivity contribution in [3.05, 3.63) is 23.8 Å². The Morgan fingerprint density at radius 3 is 2.42 bits per heavy atom. The zero-order chi connectivity index (χ0) is 16.9. The van der Waals surface area contributed by atoms with E-state index in [1.165, 1.54) is 25.7 Å². The maximum absolute atomic E-state index is 10.7. The fourth-order valence-electron chi connectivity index (χ4n) is 4.02. The summed E-state index contributed by atoms with van der Waals surface area (Å²) in [5.74, 6) is 1.46. The Bertz CT molecular complexity index is 523. The Balaban J connectivity index is 1.56. The van der Waals surface area contributed by atoms with Gasteiger partial charge in [-0.3, -0.25) is 9.80 Å². The lowest BCUT2D eigenvalue weighted by Gasteiger charge is -2.38. The fourth-order valence-corrected chi connectivity index (χ4v) is 4.02. The first-order chi connectivity index (χ1) is 11.7. The molecule has 0 bridgehead atoms. The van der Waals surface area contributed by atoms with Crippen molar-refractivity contribution in [3.8, 4) is 11.5 Å². The zero-order valence-corrected chi connectivity index (χ0v) is 14.9. The minimum atomic E-state index is -0.562. The van der Waals surface area contributed by atoms with Gasteiger partial charge in [-0.25, -0.2) is 0 Å². The van der Waals surface area contributed by atoms with Crippen molar-refractivity contribution < 1.29 is 14.6 Å². The molecule has 1 atom stereocenters. The Labute approximate surface area is 145 Å². The van der Waals surface area contributed by atoms with Gasteiger partial charge in [-0.15, -0.1) is 0 Å². The van der Waals surface area contributed by atoms with Crippen molar-refractivity contribution in [3.63, 3.8) is 0 Å². The van der Waals surface area contributed by atoms with Gasteiger partial charge in [0.25, 0.3) is 0 Å². The van der Waals surface area contributed by atoms with Crippen molar-refractivity contribution >= 4 is 0 Å². The number of β-amino-alcohol motifs (C(OH)–C–C–N with tert-alkyl or cyclic N) is 1. The third-order valence-corrected chi connectivity index (χ3v) is 5.47. The molecular formula is C19H30N2O3. The molecule has 1 aromatic rings. The molecule has 1 aliphatic heterocycles. The van der Waals surface area contributed by atoms with Crippen LogP contribution in [0.5, 0.6) is 11.5 Å². The van der Waals surface area contributed by atoms with Gasteiger partial charge >= 0.3 is 0 Å². The molecule has 1 heterocycles. The Morgan fingerprint density at radius 2 is 1.79 bits per heavy atom. The van der Waals surface area contributed by atoms with Crippen LogP contribution in [0, 0.1) is 0 Å². The number of rotatable bonds is 6. The summed E-state index contributed by atoms with van der Waals surface area (Å²) in [6, 6.07) is 6.39. The van der Waals surface area contributed by atoms with Gasteiger partial charge in [0.1, 0.15) is 11.5 Å². The van der Waals surface area contributed by atoms with E-state index in [9.17, 15) is 5.11 Å². The maximum atomic E-state index is 10.7. The summed E-state index contributed by atoms with van der Waals surface area (Å²) in [4.78, 5) is 5.00. The van der Waals surface area contributed by atoms with Crippen LogP contribution in [0.1, 0.15) is 37.4 Å². The summed E-state index contributed by atoms with van der Waals surface area (Å²) in [6.45, 7) is 4.93. The van der Waals surface area contributed by atoms with Crippen LogP contribution in [-0.4, -0.2) is 67.9 Å². The first-order valence-electron chi connectivity index (χ1n) is 9.07. The fraction of sp³-hybridized carbons (Fsp3) is 0.684. The number of hydrogen-bond donors (Lipinski definition) is 1. The van der Waals surface area contributed by atoms with Crippen molar-refractivity contribution in [1.29, 1.82) is 0 Å². The number of piperazine rings is 1. The quantitative estimate of drug-likeness (QED) is 0.865. The second kappa shape index (κ2) is 8.19. The van der Waals surface area contributed by atoms with Gasteiger partial charge in [0, 0.05) is 44.3 Å². The molecule has 0 aromatic heterocycles. The predicted molar refractivity (Wildman–Crippen MR) is 94.8 cm³/mol. The highest BCUT2D eigenvalue weighted by molar-refractivity contribution is 5.41. The molecule has 1 aliphatic carbocycles. The minimum Gasteiger partial charge on any atom is -0.497 e. The van der Waals surface area contributed by atoms with Crippen LogP contribution in [-0.2, 0) is 0 Å². The van der Waals surface area contributed by atoms with Crippen molar-refractivity contribution in [1.82, 2.24) is 9.80 Å². The maximum Gasteiger partial charge on any atom is 0.124 e. The van der Waals surface area contributed by atoms with E-state index in [0.29, 0.717) is 12.3 Å². The standard InChI is InChI=1S/C19H30N2O3/c1-23-16-7-8-19(24-2)17(13-16)18(22)14-20-9-11-21(12-10-20)15-5-3-4-6-15/h7-8,13,15,18,22H,3-6,9-12,14H2,1-2H3/t18-/m1/s1. The smallest absolute Gasteiger partial charge is 0.124 e. The number of aliphatic hydroxyl groups is 1. The number of ether oxygens (including phenoxy) is 2. The summed E-state index contributed by atoms with van der Waals surface area (Å²) in [7, 11) is 3.28. The van der Waals surface area contributed by atoms with Crippen molar-refractivity contribution in [2.24, 2.45) is 0 Å². The van der Waals surface area contributed by atoms with E-state index in [-0.39, 0.29) is 0 Å². The number of aliphatic hydroxyl groups excluding tert-OH is 1. The van der Waals surface area contributed by atoms with Crippen LogP contribution < -0.4 is 9.47 Å². The van der Waals surface area contributed by atoms with Crippen molar-refractivity contribution in [2.75, 3.05) is 46.9 Å². The molecule has 1 saturated carbocycles. The van der Waals surface area contributed by atoms with Crippen molar-refractivity contribution in [2.45, 2.75) is 37.8 Å². The molecular weight excluding hydrogens is 304 g/mol. The summed E-state index contributed by atoms with van der Waals surface area (Å²) >= 11 is 0. The van der Waals surface area contributed by atoms with Crippen LogP contribution in [0.3, 0.4) is 0 Å². The van der Waals surface area contributed by atoms with Gasteiger partial charge in [0.2, 0.25) is 0 Å². The van der Waals surface area contributed by atoms with Gasteiger partial charge in [0.15, 0.2) is 0 Å². The largest absolute Gasteiger partial charge is 0.497 e. The Kier molecular flexibility index (Phi) is 5.98.